The summed E-state index contributed by atoms with van der Waals surface area (Å²) in [7, 11) is 1.67. The zero-order chi connectivity index (χ0) is 19.3. The van der Waals surface area contributed by atoms with Crippen LogP contribution in [-0.4, -0.2) is 53.9 Å². The van der Waals surface area contributed by atoms with Crippen LogP contribution < -0.4 is 0 Å². The molecular formula is C22H30N2O3. The van der Waals surface area contributed by atoms with E-state index in [1.165, 1.54) is 18.4 Å². The number of hydrogen-bond donors (Lipinski definition) is 0. The molecule has 1 aliphatic carbocycles. The van der Waals surface area contributed by atoms with Crippen molar-refractivity contribution in [3.05, 3.63) is 34.4 Å². The summed E-state index contributed by atoms with van der Waals surface area (Å²) in [5.41, 5.74) is 3.56. The van der Waals surface area contributed by atoms with Gasteiger partial charge in [-0.2, -0.15) is 5.06 Å². The number of nitrogens with zero attached hydrogens (tertiary/aromatic N) is 2. The molecule has 5 heteroatoms. The van der Waals surface area contributed by atoms with Gasteiger partial charge in [0.2, 0.25) is 5.91 Å². The van der Waals surface area contributed by atoms with Crippen molar-refractivity contribution in [1.82, 2.24) is 9.96 Å². The molecule has 27 heavy (non-hydrogen) atoms. The van der Waals surface area contributed by atoms with Crippen LogP contribution in [0.3, 0.4) is 0 Å². The van der Waals surface area contributed by atoms with Crippen molar-refractivity contribution in [3.63, 3.8) is 0 Å². The number of Topliss-reactive ketones (excluding diaryl/α,β-unsaturated/α-hetero) is 1. The molecule has 1 unspecified atom stereocenters. The minimum atomic E-state index is -0.650. The molecule has 5 nitrogen and oxygen atoms in total. The van der Waals surface area contributed by atoms with Gasteiger partial charge in [-0.1, -0.05) is 17.7 Å². The molecule has 1 aromatic rings. The summed E-state index contributed by atoms with van der Waals surface area (Å²) >= 11 is 0. The Balaban J connectivity index is 1.74. The molecule has 4 rings (SSSR count). The van der Waals surface area contributed by atoms with Crippen molar-refractivity contribution in [3.8, 4) is 0 Å². The van der Waals surface area contributed by atoms with Crippen LogP contribution in [-0.2, 0) is 14.4 Å². The molecule has 1 aromatic carbocycles. The van der Waals surface area contributed by atoms with E-state index in [4.69, 9.17) is 4.84 Å². The van der Waals surface area contributed by atoms with E-state index < -0.39 is 11.5 Å². The standard InChI is InChI=1S/C22H30N2O3/c1-14-11-15(2)18(16(3)12-14)19-20(25)22(7-9-23(27-4)10-8-22)24(21(19)26)13-17-5-6-17/h11-12,17,19H,5-10,13H2,1-4H3. The van der Waals surface area contributed by atoms with Gasteiger partial charge in [-0.05, 0) is 69.1 Å². The predicted octanol–water partition coefficient (Wildman–Crippen LogP) is 2.91. The highest BCUT2D eigenvalue weighted by molar-refractivity contribution is 6.17. The van der Waals surface area contributed by atoms with Crippen LogP contribution in [0.2, 0.25) is 0 Å². The first-order valence-electron chi connectivity index (χ1n) is 10.1. The number of ketones is 1. The van der Waals surface area contributed by atoms with E-state index in [9.17, 15) is 9.59 Å². The summed E-state index contributed by atoms with van der Waals surface area (Å²) in [5, 5.41) is 1.90. The van der Waals surface area contributed by atoms with E-state index >= 15 is 0 Å². The van der Waals surface area contributed by atoms with Crippen molar-refractivity contribution in [1.29, 1.82) is 0 Å². The van der Waals surface area contributed by atoms with Crippen molar-refractivity contribution in [2.45, 2.75) is 57.9 Å². The van der Waals surface area contributed by atoms with Crippen LogP contribution >= 0.6 is 0 Å². The molecule has 0 N–H and O–H groups in total. The van der Waals surface area contributed by atoms with Crippen LogP contribution in [0.25, 0.3) is 0 Å². The third-order valence-electron chi connectivity index (χ3n) is 6.72. The van der Waals surface area contributed by atoms with Gasteiger partial charge in [-0.3, -0.25) is 9.59 Å². The Kier molecular flexibility index (Phi) is 4.63. The Morgan fingerprint density at radius 2 is 1.67 bits per heavy atom. The van der Waals surface area contributed by atoms with Gasteiger partial charge < -0.3 is 9.74 Å². The van der Waals surface area contributed by atoms with Gasteiger partial charge in [0.05, 0.1) is 7.11 Å². The molecule has 1 saturated carbocycles. The molecule has 0 bridgehead atoms. The molecular weight excluding hydrogens is 340 g/mol. The maximum absolute atomic E-state index is 13.8. The molecule has 3 aliphatic rings. The molecule has 0 radical (unpaired) electrons. The van der Waals surface area contributed by atoms with E-state index in [1.807, 2.05) is 23.8 Å². The van der Waals surface area contributed by atoms with Crippen molar-refractivity contribution < 1.29 is 14.4 Å². The summed E-state index contributed by atoms with van der Waals surface area (Å²) in [4.78, 5) is 34.6. The lowest BCUT2D eigenvalue weighted by atomic mass is 9.78. The fraction of sp³-hybridized carbons (Fsp3) is 0.636. The fourth-order valence-corrected chi connectivity index (χ4v) is 5.16. The zero-order valence-corrected chi connectivity index (χ0v) is 16.9. The summed E-state index contributed by atoms with van der Waals surface area (Å²) in [6, 6.07) is 4.18. The van der Waals surface area contributed by atoms with E-state index in [0.717, 1.165) is 23.2 Å². The number of amides is 1. The maximum Gasteiger partial charge on any atom is 0.238 e. The third kappa shape index (κ3) is 3.01. The normalized spacial score (nSPS) is 25.6. The topological polar surface area (TPSA) is 49.9 Å². The Hall–Kier alpha value is -1.72. The second-order valence-electron chi connectivity index (χ2n) is 8.65. The van der Waals surface area contributed by atoms with Gasteiger partial charge in [-0.15, -0.1) is 0 Å². The number of aryl methyl sites for hydroxylation is 3. The zero-order valence-electron chi connectivity index (χ0n) is 16.9. The van der Waals surface area contributed by atoms with E-state index in [2.05, 4.69) is 19.1 Å². The first-order chi connectivity index (χ1) is 12.9. The highest BCUT2D eigenvalue weighted by Crippen LogP contribution is 2.46. The molecule has 2 aliphatic heterocycles. The summed E-state index contributed by atoms with van der Waals surface area (Å²) < 4.78 is 0. The predicted molar refractivity (Wildman–Crippen MR) is 103 cm³/mol. The third-order valence-corrected chi connectivity index (χ3v) is 6.72. The molecule has 0 aromatic heterocycles. The first kappa shape index (κ1) is 18.6. The van der Waals surface area contributed by atoms with Crippen molar-refractivity contribution in [2.24, 2.45) is 5.92 Å². The van der Waals surface area contributed by atoms with Crippen LogP contribution in [0.15, 0.2) is 12.1 Å². The van der Waals surface area contributed by atoms with Gasteiger partial charge in [-0.25, -0.2) is 0 Å². The fourth-order valence-electron chi connectivity index (χ4n) is 5.16. The van der Waals surface area contributed by atoms with Crippen LogP contribution in [0, 0.1) is 26.7 Å². The van der Waals surface area contributed by atoms with E-state index in [1.54, 1.807) is 7.11 Å². The minimum Gasteiger partial charge on any atom is -0.329 e. The molecule has 146 valence electrons. The number of carbonyl (C=O) groups excluding carboxylic acids is 2. The van der Waals surface area contributed by atoms with Gasteiger partial charge in [0.15, 0.2) is 5.78 Å². The monoisotopic (exact) mass is 370 g/mol. The Morgan fingerprint density at radius 3 is 2.19 bits per heavy atom. The van der Waals surface area contributed by atoms with Gasteiger partial charge in [0.25, 0.3) is 0 Å². The van der Waals surface area contributed by atoms with Crippen molar-refractivity contribution >= 4 is 11.7 Å². The largest absolute Gasteiger partial charge is 0.329 e. The quantitative estimate of drug-likeness (QED) is 0.765. The number of benzene rings is 1. The molecule has 3 fully saturated rings. The molecule has 2 heterocycles. The lowest BCUT2D eigenvalue weighted by Gasteiger charge is -2.42. The van der Waals surface area contributed by atoms with E-state index in [-0.39, 0.29) is 11.7 Å². The molecule has 2 saturated heterocycles. The number of carbonyl (C=O) groups is 2. The molecule has 1 atom stereocenters. The summed E-state index contributed by atoms with van der Waals surface area (Å²) in [6.07, 6.45) is 3.67. The summed E-state index contributed by atoms with van der Waals surface area (Å²) in [6.45, 7) is 8.23. The number of hydroxylamine groups is 2. The van der Waals surface area contributed by atoms with Crippen LogP contribution in [0.4, 0.5) is 0 Å². The Morgan fingerprint density at radius 1 is 1.07 bits per heavy atom. The van der Waals surface area contributed by atoms with Crippen LogP contribution in [0.1, 0.15) is 53.9 Å². The first-order valence-corrected chi connectivity index (χ1v) is 10.1. The highest BCUT2D eigenvalue weighted by Gasteiger charge is 2.60. The number of hydrogen-bond acceptors (Lipinski definition) is 4. The molecule has 1 spiro atoms. The number of piperidine rings is 1. The van der Waals surface area contributed by atoms with Crippen LogP contribution in [0.5, 0.6) is 0 Å². The van der Waals surface area contributed by atoms with Crippen molar-refractivity contribution in [2.75, 3.05) is 26.7 Å². The van der Waals surface area contributed by atoms with Gasteiger partial charge in [0.1, 0.15) is 11.5 Å². The second-order valence-corrected chi connectivity index (χ2v) is 8.65. The average molecular weight is 370 g/mol. The average Bonchev–Trinajstić information content (AvgIpc) is 3.43. The SMILES string of the molecule is CON1CCC2(CC1)C(=O)C(c1c(C)cc(C)cc1C)C(=O)N2CC1CC1. The smallest absolute Gasteiger partial charge is 0.238 e. The second kappa shape index (κ2) is 6.71. The number of rotatable bonds is 4. The lowest BCUT2D eigenvalue weighted by molar-refractivity contribution is -0.167. The maximum atomic E-state index is 13.8. The van der Waals surface area contributed by atoms with Gasteiger partial charge in [0, 0.05) is 19.6 Å². The Bertz CT molecular complexity index is 753. The summed E-state index contributed by atoms with van der Waals surface area (Å²) in [5.74, 6) is 0.0586. The van der Waals surface area contributed by atoms with Gasteiger partial charge >= 0.3 is 0 Å². The Labute approximate surface area is 161 Å². The highest BCUT2D eigenvalue weighted by atomic mass is 16.7. The van der Waals surface area contributed by atoms with E-state index in [0.29, 0.717) is 31.8 Å². The lowest BCUT2D eigenvalue weighted by Crippen LogP contribution is -2.56. The minimum absolute atomic E-state index is 0.0211. The number of likely N-dealkylation sites (tertiary alicyclic amines) is 1. The molecule has 1 amide bonds.